The monoisotopic (exact) mass is 341 g/mol. The zero-order valence-corrected chi connectivity index (χ0v) is 13.1. The summed E-state index contributed by atoms with van der Waals surface area (Å²) in [6.07, 6.45) is 6.13. The summed E-state index contributed by atoms with van der Waals surface area (Å²) in [7, 11) is 0. The molecule has 4 rings (SSSR count). The predicted octanol–water partition coefficient (Wildman–Crippen LogP) is 1.03. The van der Waals surface area contributed by atoms with E-state index in [2.05, 4.69) is 4.98 Å². The van der Waals surface area contributed by atoms with Crippen molar-refractivity contribution >= 4 is 24.0 Å². The first-order chi connectivity index (χ1) is 12.0. The van der Waals surface area contributed by atoms with E-state index in [4.69, 9.17) is 0 Å². The highest BCUT2D eigenvalue weighted by atomic mass is 16.4. The number of allylic oxidation sites excluding steroid dienone is 1. The third kappa shape index (κ3) is 2.14. The lowest BCUT2D eigenvalue weighted by Gasteiger charge is -2.52. The summed E-state index contributed by atoms with van der Waals surface area (Å²) in [6.45, 7) is 0.222. The van der Waals surface area contributed by atoms with Gasteiger partial charge >= 0.3 is 12.1 Å². The van der Waals surface area contributed by atoms with Crippen LogP contribution in [0.15, 0.2) is 41.9 Å². The minimum atomic E-state index is -1.17. The molecular formula is C17H15N3O5. The molecule has 8 nitrogen and oxygen atoms in total. The van der Waals surface area contributed by atoms with Crippen LogP contribution in [0.4, 0.5) is 4.79 Å². The van der Waals surface area contributed by atoms with Crippen molar-refractivity contribution in [1.29, 1.82) is 0 Å². The standard InChI is InChI=1S/C17H15N3O5/c21-15-14-12-11(5-8-19(14)17(24)25)10(13(16(22)23)20(12)15)2-1-9-3-6-18-7-4-9/h1-4,6-7,11-12,14H,5,8H2,(H,22,23)(H,24,25)/b2-1+/t11?,12-,14+/m1/s1. The fourth-order valence-electron chi connectivity index (χ4n) is 4.02. The highest BCUT2D eigenvalue weighted by Crippen LogP contribution is 2.49. The van der Waals surface area contributed by atoms with Crippen molar-refractivity contribution in [3.8, 4) is 0 Å². The van der Waals surface area contributed by atoms with Gasteiger partial charge in [-0.15, -0.1) is 0 Å². The van der Waals surface area contributed by atoms with Crippen LogP contribution in [0.1, 0.15) is 12.0 Å². The van der Waals surface area contributed by atoms with Gasteiger partial charge in [-0.1, -0.05) is 12.2 Å². The molecule has 3 atom stereocenters. The van der Waals surface area contributed by atoms with Crippen LogP contribution in [-0.4, -0.2) is 61.6 Å². The first kappa shape index (κ1) is 15.4. The van der Waals surface area contributed by atoms with Gasteiger partial charge in [0, 0.05) is 24.9 Å². The van der Waals surface area contributed by atoms with Gasteiger partial charge in [0.1, 0.15) is 11.7 Å². The molecule has 0 radical (unpaired) electrons. The number of carbonyl (C=O) groups is 3. The van der Waals surface area contributed by atoms with E-state index in [1.54, 1.807) is 36.7 Å². The molecular weight excluding hydrogens is 326 g/mol. The second-order valence-corrected chi connectivity index (χ2v) is 6.24. The Morgan fingerprint density at radius 3 is 2.56 bits per heavy atom. The molecule has 128 valence electrons. The van der Waals surface area contributed by atoms with Crippen LogP contribution in [0.25, 0.3) is 6.08 Å². The summed E-state index contributed by atoms with van der Waals surface area (Å²) in [4.78, 5) is 41.8. The average Bonchev–Trinajstić information content (AvgIpc) is 2.92. The SMILES string of the molecule is O=C(O)C1=C(/C=C/c2ccncc2)C2CCN(C(=O)O)[C@@H]3C(=O)N1[C@H]23. The van der Waals surface area contributed by atoms with Gasteiger partial charge in [0.05, 0.1) is 6.04 Å². The minimum Gasteiger partial charge on any atom is -0.477 e. The predicted molar refractivity (Wildman–Crippen MR) is 85.2 cm³/mol. The Morgan fingerprint density at radius 1 is 1.20 bits per heavy atom. The quantitative estimate of drug-likeness (QED) is 0.794. The van der Waals surface area contributed by atoms with Crippen molar-refractivity contribution in [2.24, 2.45) is 5.92 Å². The van der Waals surface area contributed by atoms with Gasteiger partial charge in [-0.3, -0.25) is 19.6 Å². The number of carboxylic acids is 1. The van der Waals surface area contributed by atoms with Crippen LogP contribution in [-0.2, 0) is 9.59 Å². The molecule has 1 unspecified atom stereocenters. The van der Waals surface area contributed by atoms with Gasteiger partial charge in [0.15, 0.2) is 0 Å². The van der Waals surface area contributed by atoms with Crippen molar-refractivity contribution in [3.63, 3.8) is 0 Å². The van der Waals surface area contributed by atoms with E-state index in [1.165, 1.54) is 4.90 Å². The number of β-lactam (4-membered cyclic amide) rings is 1. The van der Waals surface area contributed by atoms with E-state index in [9.17, 15) is 24.6 Å². The average molecular weight is 341 g/mol. The summed E-state index contributed by atoms with van der Waals surface area (Å²) < 4.78 is 0. The van der Waals surface area contributed by atoms with Crippen molar-refractivity contribution in [2.75, 3.05) is 6.54 Å². The van der Waals surface area contributed by atoms with E-state index in [1.807, 2.05) is 0 Å². The molecule has 0 bridgehead atoms. The molecule has 8 heteroatoms. The molecule has 1 aromatic rings. The number of carboxylic acid groups (broad SMARTS) is 2. The number of aromatic nitrogens is 1. The number of hydrogen-bond acceptors (Lipinski definition) is 4. The van der Waals surface area contributed by atoms with Crippen LogP contribution < -0.4 is 0 Å². The Hall–Kier alpha value is -3.16. The normalized spacial score (nSPS) is 27.5. The third-order valence-electron chi connectivity index (χ3n) is 5.06. The summed E-state index contributed by atoms with van der Waals surface area (Å²) in [5.41, 5.74) is 1.41. The third-order valence-corrected chi connectivity index (χ3v) is 5.06. The van der Waals surface area contributed by atoms with E-state index in [0.29, 0.717) is 12.0 Å². The van der Waals surface area contributed by atoms with E-state index >= 15 is 0 Å². The second-order valence-electron chi connectivity index (χ2n) is 6.24. The molecule has 3 aliphatic rings. The number of pyridine rings is 1. The molecule has 2 saturated heterocycles. The first-order valence-electron chi connectivity index (χ1n) is 7.89. The lowest BCUT2D eigenvalue weighted by Crippen LogP contribution is -2.73. The molecule has 2 fully saturated rings. The van der Waals surface area contributed by atoms with Gasteiger partial charge in [-0.2, -0.15) is 0 Å². The molecule has 4 heterocycles. The molecule has 2 N–H and O–H groups in total. The fourth-order valence-corrected chi connectivity index (χ4v) is 4.02. The van der Waals surface area contributed by atoms with E-state index in [0.717, 1.165) is 10.5 Å². The zero-order valence-electron chi connectivity index (χ0n) is 13.1. The molecule has 25 heavy (non-hydrogen) atoms. The Bertz CT molecular complexity index is 832. The van der Waals surface area contributed by atoms with Crippen LogP contribution in [0, 0.1) is 5.92 Å². The highest BCUT2D eigenvalue weighted by Gasteiger charge is 2.64. The maximum absolute atomic E-state index is 12.4. The van der Waals surface area contributed by atoms with Crippen LogP contribution in [0.5, 0.6) is 0 Å². The van der Waals surface area contributed by atoms with Crippen molar-refractivity contribution in [3.05, 3.63) is 47.4 Å². The Morgan fingerprint density at radius 2 is 1.92 bits per heavy atom. The number of piperidine rings is 1. The molecule has 3 aliphatic heterocycles. The largest absolute Gasteiger partial charge is 0.477 e. The maximum atomic E-state index is 12.4. The van der Waals surface area contributed by atoms with Gasteiger partial charge in [-0.25, -0.2) is 9.59 Å². The van der Waals surface area contributed by atoms with E-state index < -0.39 is 30.1 Å². The van der Waals surface area contributed by atoms with Crippen molar-refractivity contribution in [1.82, 2.24) is 14.8 Å². The number of carbonyl (C=O) groups excluding carboxylic acids is 1. The van der Waals surface area contributed by atoms with Crippen LogP contribution >= 0.6 is 0 Å². The lowest BCUT2D eigenvalue weighted by molar-refractivity contribution is -0.161. The molecule has 0 spiro atoms. The van der Waals surface area contributed by atoms with Gasteiger partial charge < -0.3 is 10.2 Å². The van der Waals surface area contributed by atoms with Gasteiger partial charge in [0.25, 0.3) is 5.91 Å². The summed E-state index contributed by atoms with van der Waals surface area (Å²) in [5.74, 6) is -1.79. The number of amides is 2. The Kier molecular flexibility index (Phi) is 3.34. The van der Waals surface area contributed by atoms with Gasteiger partial charge in [-0.05, 0) is 29.7 Å². The summed E-state index contributed by atoms with van der Waals surface area (Å²) in [6, 6.07) is 2.39. The maximum Gasteiger partial charge on any atom is 0.408 e. The van der Waals surface area contributed by atoms with Gasteiger partial charge in [0.2, 0.25) is 0 Å². The summed E-state index contributed by atoms with van der Waals surface area (Å²) in [5, 5.41) is 18.9. The number of nitrogens with zero attached hydrogens (tertiary/aromatic N) is 3. The van der Waals surface area contributed by atoms with Crippen LogP contribution in [0.3, 0.4) is 0 Å². The molecule has 1 aromatic heterocycles. The van der Waals surface area contributed by atoms with Crippen molar-refractivity contribution in [2.45, 2.75) is 18.5 Å². The van der Waals surface area contributed by atoms with E-state index in [-0.39, 0.29) is 18.2 Å². The number of aliphatic carboxylic acids is 1. The zero-order chi connectivity index (χ0) is 17.7. The fraction of sp³-hybridized carbons (Fsp3) is 0.294. The summed E-state index contributed by atoms with van der Waals surface area (Å²) >= 11 is 0. The molecule has 0 aliphatic carbocycles. The molecule has 0 saturated carbocycles. The molecule has 0 aromatic carbocycles. The minimum absolute atomic E-state index is 0.0335. The number of likely N-dealkylation sites (tertiary alicyclic amines) is 1. The highest BCUT2D eigenvalue weighted by molar-refractivity contribution is 6.03. The topological polar surface area (TPSA) is 111 Å². The number of hydrogen-bond donors (Lipinski definition) is 2. The first-order valence-corrected chi connectivity index (χ1v) is 7.89. The Balaban J connectivity index is 1.72. The smallest absolute Gasteiger partial charge is 0.408 e. The van der Waals surface area contributed by atoms with Crippen LogP contribution in [0.2, 0.25) is 0 Å². The lowest BCUT2D eigenvalue weighted by atomic mass is 9.78. The van der Waals surface area contributed by atoms with Crippen molar-refractivity contribution < 1.29 is 24.6 Å². The number of rotatable bonds is 3. The second kappa shape index (κ2) is 5.44. The Labute approximate surface area is 142 Å². The molecule has 2 amide bonds.